The van der Waals surface area contributed by atoms with Crippen LogP contribution >= 0.6 is 15.9 Å². The zero-order valence-corrected chi connectivity index (χ0v) is 10.5. The predicted molar refractivity (Wildman–Crippen MR) is 63.5 cm³/mol. The molecule has 1 heterocycles. The van der Waals surface area contributed by atoms with Gasteiger partial charge in [-0.1, -0.05) is 15.9 Å². The molecule has 0 radical (unpaired) electrons. The van der Waals surface area contributed by atoms with Crippen molar-refractivity contribution in [1.29, 1.82) is 0 Å². The van der Waals surface area contributed by atoms with E-state index in [-0.39, 0.29) is 0 Å². The molecule has 0 saturated carbocycles. The summed E-state index contributed by atoms with van der Waals surface area (Å²) in [7, 11) is 0. The summed E-state index contributed by atoms with van der Waals surface area (Å²) in [5.74, 6) is 0.816. The van der Waals surface area contributed by atoms with Crippen LogP contribution in [0.4, 0.5) is 0 Å². The van der Waals surface area contributed by atoms with E-state index in [0.29, 0.717) is 6.61 Å². The molecule has 0 bridgehead atoms. The molecule has 1 aromatic rings. The topological polar surface area (TPSA) is 31.4 Å². The second-order valence-corrected chi connectivity index (χ2v) is 3.58. The molecular weight excluding hydrogens is 258 g/mol. The van der Waals surface area contributed by atoms with Crippen LogP contribution in [0.25, 0.3) is 0 Å². The summed E-state index contributed by atoms with van der Waals surface area (Å²) in [5.41, 5.74) is 1.01. The maximum absolute atomic E-state index is 5.49. The van der Waals surface area contributed by atoms with Crippen molar-refractivity contribution in [3.8, 4) is 5.75 Å². The number of halogens is 1. The third kappa shape index (κ3) is 5.14. The molecule has 15 heavy (non-hydrogen) atoms. The van der Waals surface area contributed by atoms with Gasteiger partial charge in [0, 0.05) is 25.0 Å². The number of ether oxygens (including phenoxy) is 2. The highest BCUT2D eigenvalue weighted by atomic mass is 79.9. The van der Waals surface area contributed by atoms with Crippen LogP contribution in [0.5, 0.6) is 5.75 Å². The number of aromatic nitrogens is 1. The molecule has 4 heteroatoms. The van der Waals surface area contributed by atoms with Crippen molar-refractivity contribution in [3.63, 3.8) is 0 Å². The van der Waals surface area contributed by atoms with Crippen molar-refractivity contribution in [3.05, 3.63) is 24.0 Å². The smallest absolute Gasteiger partial charge is 0.137 e. The number of alkyl halides is 1. The minimum absolute atomic E-state index is 0.676. The van der Waals surface area contributed by atoms with Gasteiger partial charge in [-0.05, 0) is 19.1 Å². The minimum Gasteiger partial charge on any atom is -0.492 e. The van der Waals surface area contributed by atoms with Crippen molar-refractivity contribution >= 4 is 15.9 Å². The molecule has 0 aliphatic heterocycles. The van der Waals surface area contributed by atoms with Crippen molar-refractivity contribution < 1.29 is 9.47 Å². The molecule has 0 saturated heterocycles. The number of nitrogens with zero attached hydrogens (tertiary/aromatic N) is 1. The van der Waals surface area contributed by atoms with Gasteiger partial charge in [-0.3, -0.25) is 4.98 Å². The molecule has 0 spiro atoms. The maximum Gasteiger partial charge on any atom is 0.137 e. The lowest BCUT2D eigenvalue weighted by Gasteiger charge is -2.05. The van der Waals surface area contributed by atoms with Crippen LogP contribution in [0.15, 0.2) is 18.3 Å². The molecule has 1 aromatic heterocycles. The standard InChI is InChI=1S/C11H16BrNO2/c1-2-14-6-3-7-15-11-5-4-10(8-12)13-9-11/h4-5,9H,2-3,6-8H2,1H3. The van der Waals surface area contributed by atoms with Crippen LogP contribution in [0.2, 0.25) is 0 Å². The highest BCUT2D eigenvalue weighted by Crippen LogP contribution is 2.10. The van der Waals surface area contributed by atoms with Gasteiger partial charge in [0.2, 0.25) is 0 Å². The third-order valence-corrected chi connectivity index (χ3v) is 2.41. The summed E-state index contributed by atoms with van der Waals surface area (Å²) in [4.78, 5) is 4.21. The summed E-state index contributed by atoms with van der Waals surface area (Å²) in [5, 5.41) is 0.775. The fourth-order valence-electron chi connectivity index (χ4n) is 1.07. The van der Waals surface area contributed by atoms with Crippen LogP contribution in [0, 0.1) is 0 Å². The number of pyridine rings is 1. The van der Waals surface area contributed by atoms with Crippen molar-refractivity contribution in [2.75, 3.05) is 19.8 Å². The normalized spacial score (nSPS) is 10.3. The Bertz CT molecular complexity index is 264. The highest BCUT2D eigenvalue weighted by Gasteiger charge is 1.95. The van der Waals surface area contributed by atoms with Gasteiger partial charge in [0.15, 0.2) is 0 Å². The second kappa shape index (κ2) is 7.65. The van der Waals surface area contributed by atoms with Crippen LogP contribution in [-0.4, -0.2) is 24.8 Å². The van der Waals surface area contributed by atoms with E-state index >= 15 is 0 Å². The zero-order chi connectivity index (χ0) is 10.9. The van der Waals surface area contributed by atoms with E-state index in [0.717, 1.165) is 36.4 Å². The zero-order valence-electron chi connectivity index (χ0n) is 8.91. The third-order valence-electron chi connectivity index (χ3n) is 1.84. The van der Waals surface area contributed by atoms with Gasteiger partial charge in [-0.2, -0.15) is 0 Å². The van der Waals surface area contributed by atoms with E-state index in [4.69, 9.17) is 9.47 Å². The van der Waals surface area contributed by atoms with Gasteiger partial charge in [0.25, 0.3) is 0 Å². The Morgan fingerprint density at radius 2 is 2.20 bits per heavy atom. The van der Waals surface area contributed by atoms with Crippen molar-refractivity contribution in [2.24, 2.45) is 0 Å². The van der Waals surface area contributed by atoms with Gasteiger partial charge in [-0.15, -0.1) is 0 Å². The SMILES string of the molecule is CCOCCCOc1ccc(CBr)nc1. The Balaban J connectivity index is 2.20. The number of hydrogen-bond acceptors (Lipinski definition) is 3. The Kier molecular flexibility index (Phi) is 6.36. The Labute approximate surface area is 98.9 Å². The van der Waals surface area contributed by atoms with Gasteiger partial charge < -0.3 is 9.47 Å². The summed E-state index contributed by atoms with van der Waals surface area (Å²) in [6, 6.07) is 3.89. The van der Waals surface area contributed by atoms with E-state index in [2.05, 4.69) is 20.9 Å². The number of hydrogen-bond donors (Lipinski definition) is 0. The Morgan fingerprint density at radius 3 is 2.80 bits per heavy atom. The summed E-state index contributed by atoms with van der Waals surface area (Å²) in [6.45, 7) is 4.18. The molecule has 0 unspecified atom stereocenters. The molecule has 84 valence electrons. The molecule has 0 atom stereocenters. The molecular formula is C11H16BrNO2. The molecule has 1 rings (SSSR count). The van der Waals surface area contributed by atoms with Crippen molar-refractivity contribution in [2.45, 2.75) is 18.7 Å². The lowest BCUT2D eigenvalue weighted by molar-refractivity contribution is 0.131. The van der Waals surface area contributed by atoms with E-state index in [1.165, 1.54) is 0 Å². The monoisotopic (exact) mass is 273 g/mol. The van der Waals surface area contributed by atoms with E-state index in [1.54, 1.807) is 6.20 Å². The first-order valence-electron chi connectivity index (χ1n) is 5.08. The molecule has 0 fully saturated rings. The van der Waals surface area contributed by atoms with Crippen LogP contribution in [0.3, 0.4) is 0 Å². The average molecular weight is 274 g/mol. The van der Waals surface area contributed by atoms with E-state index in [1.807, 2.05) is 19.1 Å². The quantitative estimate of drug-likeness (QED) is 0.566. The molecule has 0 N–H and O–H groups in total. The number of rotatable bonds is 7. The molecule has 3 nitrogen and oxygen atoms in total. The fourth-order valence-corrected chi connectivity index (χ4v) is 1.40. The molecule has 0 aliphatic rings. The molecule has 0 aliphatic carbocycles. The Morgan fingerprint density at radius 1 is 1.33 bits per heavy atom. The predicted octanol–water partition coefficient (Wildman–Crippen LogP) is 2.78. The Hall–Kier alpha value is -0.610. The van der Waals surface area contributed by atoms with Crippen LogP contribution in [0.1, 0.15) is 19.0 Å². The van der Waals surface area contributed by atoms with Crippen LogP contribution < -0.4 is 4.74 Å². The summed E-state index contributed by atoms with van der Waals surface area (Å²) in [6.07, 6.45) is 2.66. The van der Waals surface area contributed by atoms with Crippen molar-refractivity contribution in [1.82, 2.24) is 4.98 Å². The van der Waals surface area contributed by atoms with Gasteiger partial charge in [-0.25, -0.2) is 0 Å². The maximum atomic E-state index is 5.49. The average Bonchev–Trinajstić information content (AvgIpc) is 2.30. The highest BCUT2D eigenvalue weighted by molar-refractivity contribution is 9.08. The summed E-state index contributed by atoms with van der Waals surface area (Å²) >= 11 is 3.34. The molecule has 0 aromatic carbocycles. The molecule has 0 amide bonds. The fraction of sp³-hybridized carbons (Fsp3) is 0.545. The van der Waals surface area contributed by atoms with E-state index < -0.39 is 0 Å². The van der Waals surface area contributed by atoms with Gasteiger partial charge in [0.1, 0.15) is 5.75 Å². The largest absolute Gasteiger partial charge is 0.492 e. The first kappa shape index (κ1) is 12.5. The van der Waals surface area contributed by atoms with E-state index in [9.17, 15) is 0 Å². The summed E-state index contributed by atoms with van der Waals surface area (Å²) < 4.78 is 10.7. The van der Waals surface area contributed by atoms with Crippen LogP contribution in [-0.2, 0) is 10.1 Å². The lowest BCUT2D eigenvalue weighted by atomic mass is 10.4. The lowest BCUT2D eigenvalue weighted by Crippen LogP contribution is -2.03. The van der Waals surface area contributed by atoms with Gasteiger partial charge >= 0.3 is 0 Å². The second-order valence-electron chi connectivity index (χ2n) is 3.02. The first-order chi connectivity index (χ1) is 7.36. The minimum atomic E-state index is 0.676. The van der Waals surface area contributed by atoms with Gasteiger partial charge in [0.05, 0.1) is 18.5 Å². The first-order valence-corrected chi connectivity index (χ1v) is 6.20.